The number of hydrogen-bond donors (Lipinski definition) is 2. The zero-order chi connectivity index (χ0) is 18.2. The third-order valence-electron chi connectivity index (χ3n) is 4.70. The molecule has 0 aliphatic carbocycles. The molecule has 1 saturated heterocycles. The van der Waals surface area contributed by atoms with Crippen LogP contribution < -0.4 is 10.6 Å². The van der Waals surface area contributed by atoms with Gasteiger partial charge in [0.2, 0.25) is 0 Å². The summed E-state index contributed by atoms with van der Waals surface area (Å²) >= 11 is 1.74. The number of nitrogens with one attached hydrogen (secondary N) is 2. The molecule has 1 fully saturated rings. The topological polar surface area (TPSA) is 65.4 Å². The summed E-state index contributed by atoms with van der Waals surface area (Å²) in [7, 11) is 1.81. The maximum absolute atomic E-state index is 4.58. The van der Waals surface area contributed by atoms with Crippen LogP contribution in [0, 0.1) is 12.8 Å². The van der Waals surface area contributed by atoms with Gasteiger partial charge in [0, 0.05) is 31.7 Å². The summed E-state index contributed by atoms with van der Waals surface area (Å²) in [5.41, 5.74) is 2.23. The molecule has 1 aliphatic rings. The minimum Gasteiger partial charge on any atom is -0.356 e. The van der Waals surface area contributed by atoms with Gasteiger partial charge >= 0.3 is 0 Å². The Morgan fingerprint density at radius 1 is 1.26 bits per heavy atom. The minimum atomic E-state index is 0. The summed E-state index contributed by atoms with van der Waals surface area (Å²) in [4.78, 5) is 15.7. The molecule has 0 amide bonds. The molecule has 148 valence electrons. The first kappa shape index (κ1) is 22.0. The van der Waals surface area contributed by atoms with Crippen molar-refractivity contribution in [3.8, 4) is 0 Å². The van der Waals surface area contributed by atoms with Gasteiger partial charge in [0.25, 0.3) is 0 Å². The van der Waals surface area contributed by atoms with Crippen LogP contribution in [0.15, 0.2) is 34.8 Å². The Balaban J connectivity index is 0.00000261. The molecule has 1 aliphatic heterocycles. The average molecular weight is 500 g/mol. The quantitative estimate of drug-likeness (QED) is 0.363. The molecule has 0 atom stereocenters. The van der Waals surface area contributed by atoms with Crippen molar-refractivity contribution in [2.45, 2.75) is 32.9 Å². The van der Waals surface area contributed by atoms with Crippen LogP contribution in [0.2, 0.25) is 0 Å². The molecule has 6 nitrogen and oxygen atoms in total. The molecule has 3 heterocycles. The van der Waals surface area contributed by atoms with Gasteiger partial charge < -0.3 is 10.6 Å². The molecule has 0 saturated carbocycles. The number of hydrogen-bond acceptors (Lipinski definition) is 5. The van der Waals surface area contributed by atoms with Crippen LogP contribution in [0.1, 0.15) is 29.2 Å². The molecule has 0 aromatic carbocycles. The first-order chi connectivity index (χ1) is 12.7. The summed E-state index contributed by atoms with van der Waals surface area (Å²) in [5.74, 6) is 1.54. The van der Waals surface area contributed by atoms with Crippen LogP contribution in [0.5, 0.6) is 0 Å². The number of likely N-dealkylation sites (tertiary alicyclic amines) is 1. The van der Waals surface area contributed by atoms with Crippen LogP contribution in [0.25, 0.3) is 0 Å². The molecule has 0 bridgehead atoms. The molecular formula is C19H29IN6S. The lowest BCUT2D eigenvalue weighted by Crippen LogP contribution is -2.42. The Hall–Kier alpha value is -1.26. The van der Waals surface area contributed by atoms with E-state index >= 15 is 0 Å². The van der Waals surface area contributed by atoms with Crippen molar-refractivity contribution < 1.29 is 0 Å². The second kappa shape index (κ2) is 11.6. The lowest BCUT2D eigenvalue weighted by atomic mass is 9.97. The molecule has 0 radical (unpaired) electrons. The number of aromatic nitrogens is 2. The van der Waals surface area contributed by atoms with E-state index in [-0.39, 0.29) is 24.0 Å². The second-order valence-corrected chi connectivity index (χ2v) is 7.77. The number of halogens is 1. The second-order valence-electron chi connectivity index (χ2n) is 6.71. The van der Waals surface area contributed by atoms with Gasteiger partial charge in [0.1, 0.15) is 0 Å². The van der Waals surface area contributed by atoms with Crippen molar-refractivity contribution in [2.24, 2.45) is 10.9 Å². The lowest BCUT2D eigenvalue weighted by molar-refractivity contribution is 0.176. The Bertz CT molecular complexity index is 697. The molecule has 2 N–H and O–H groups in total. The molecule has 0 spiro atoms. The highest BCUT2D eigenvalue weighted by Crippen LogP contribution is 2.19. The van der Waals surface area contributed by atoms with Gasteiger partial charge in [-0.25, -0.2) is 4.98 Å². The maximum Gasteiger partial charge on any atom is 0.191 e. The van der Waals surface area contributed by atoms with Crippen molar-refractivity contribution >= 4 is 41.3 Å². The van der Waals surface area contributed by atoms with Crippen molar-refractivity contribution in [1.82, 2.24) is 25.5 Å². The van der Waals surface area contributed by atoms with E-state index in [0.29, 0.717) is 12.5 Å². The van der Waals surface area contributed by atoms with Gasteiger partial charge in [-0.05, 0) is 50.9 Å². The van der Waals surface area contributed by atoms with Crippen LogP contribution in [-0.4, -0.2) is 47.5 Å². The molecule has 2 aromatic heterocycles. The lowest BCUT2D eigenvalue weighted by Gasteiger charge is -2.31. The Morgan fingerprint density at radius 2 is 2.07 bits per heavy atom. The minimum absolute atomic E-state index is 0. The van der Waals surface area contributed by atoms with E-state index < -0.39 is 0 Å². The number of thiazole rings is 1. The summed E-state index contributed by atoms with van der Waals surface area (Å²) < 4.78 is 0. The van der Waals surface area contributed by atoms with Gasteiger partial charge in [-0.2, -0.15) is 0 Å². The third-order valence-corrected chi connectivity index (χ3v) is 5.53. The number of nitrogens with zero attached hydrogens (tertiary/aromatic N) is 4. The standard InChI is InChI=1S/C19H28N6S.HI/c1-15-24-18(14-26-15)13-25-9-6-16(7-10-25)11-22-19(20-2)23-12-17-5-3-4-8-21-17;/h3-5,8,14,16H,6-7,9-13H2,1-2H3,(H2,20,22,23);1H. The number of rotatable bonds is 6. The van der Waals surface area contributed by atoms with Gasteiger partial charge in [0.05, 0.1) is 22.9 Å². The third kappa shape index (κ3) is 7.34. The number of aliphatic imine (C=N–C) groups is 1. The predicted molar refractivity (Wildman–Crippen MR) is 123 cm³/mol. The Kier molecular flexibility index (Phi) is 9.43. The summed E-state index contributed by atoms with van der Waals surface area (Å²) in [5, 5.41) is 10.1. The van der Waals surface area contributed by atoms with Gasteiger partial charge in [0.15, 0.2) is 5.96 Å². The first-order valence-electron chi connectivity index (χ1n) is 9.20. The Morgan fingerprint density at radius 3 is 2.70 bits per heavy atom. The average Bonchev–Trinajstić information content (AvgIpc) is 3.08. The number of pyridine rings is 1. The molecular weight excluding hydrogens is 471 g/mol. The SMILES string of the molecule is CN=C(NCc1ccccn1)NCC1CCN(Cc2csc(C)n2)CC1.I. The fraction of sp³-hybridized carbons (Fsp3) is 0.526. The fourth-order valence-electron chi connectivity index (χ4n) is 3.20. The first-order valence-corrected chi connectivity index (χ1v) is 10.1. The van der Waals surface area contributed by atoms with E-state index in [4.69, 9.17) is 0 Å². The zero-order valence-corrected chi connectivity index (χ0v) is 19.2. The van der Waals surface area contributed by atoms with Crippen LogP contribution in [-0.2, 0) is 13.1 Å². The highest BCUT2D eigenvalue weighted by Gasteiger charge is 2.20. The monoisotopic (exact) mass is 500 g/mol. The highest BCUT2D eigenvalue weighted by molar-refractivity contribution is 14.0. The van der Waals surface area contributed by atoms with E-state index in [0.717, 1.165) is 42.8 Å². The van der Waals surface area contributed by atoms with E-state index in [1.807, 2.05) is 31.4 Å². The van der Waals surface area contributed by atoms with E-state index in [2.05, 4.69) is 42.8 Å². The summed E-state index contributed by atoms with van der Waals surface area (Å²) in [6.45, 7) is 6.99. The largest absolute Gasteiger partial charge is 0.356 e. The number of aryl methyl sites for hydroxylation is 1. The van der Waals surface area contributed by atoms with Gasteiger partial charge in [-0.1, -0.05) is 6.07 Å². The van der Waals surface area contributed by atoms with E-state index in [1.54, 1.807) is 11.3 Å². The van der Waals surface area contributed by atoms with Crippen molar-refractivity contribution in [1.29, 1.82) is 0 Å². The van der Waals surface area contributed by atoms with Crippen LogP contribution >= 0.6 is 35.3 Å². The van der Waals surface area contributed by atoms with Gasteiger partial charge in [-0.3, -0.25) is 14.9 Å². The van der Waals surface area contributed by atoms with Crippen LogP contribution in [0.4, 0.5) is 0 Å². The van der Waals surface area contributed by atoms with Crippen molar-refractivity contribution in [2.75, 3.05) is 26.7 Å². The summed E-state index contributed by atoms with van der Waals surface area (Å²) in [6.07, 6.45) is 4.24. The number of piperidine rings is 1. The predicted octanol–water partition coefficient (Wildman–Crippen LogP) is 3.04. The zero-order valence-electron chi connectivity index (χ0n) is 16.0. The molecule has 8 heteroatoms. The Labute approximate surface area is 182 Å². The fourth-order valence-corrected chi connectivity index (χ4v) is 3.80. The summed E-state index contributed by atoms with van der Waals surface area (Å²) in [6, 6.07) is 5.94. The van der Waals surface area contributed by atoms with E-state index in [1.165, 1.54) is 18.5 Å². The van der Waals surface area contributed by atoms with Gasteiger partial charge in [-0.15, -0.1) is 35.3 Å². The molecule has 0 unspecified atom stereocenters. The molecule has 27 heavy (non-hydrogen) atoms. The number of guanidine groups is 1. The maximum atomic E-state index is 4.58. The molecule has 3 rings (SSSR count). The highest BCUT2D eigenvalue weighted by atomic mass is 127. The van der Waals surface area contributed by atoms with Crippen molar-refractivity contribution in [3.05, 3.63) is 46.2 Å². The molecule has 2 aromatic rings. The van der Waals surface area contributed by atoms with Crippen molar-refractivity contribution in [3.63, 3.8) is 0 Å². The normalized spacial score (nSPS) is 16.0. The smallest absolute Gasteiger partial charge is 0.191 e. The van der Waals surface area contributed by atoms with Crippen LogP contribution in [0.3, 0.4) is 0 Å². The van der Waals surface area contributed by atoms with E-state index in [9.17, 15) is 0 Å².